The third-order valence-electron chi connectivity index (χ3n) is 0. The van der Waals surface area contributed by atoms with Crippen LogP contribution >= 0.6 is 0 Å². The molecule has 0 amide bonds. The van der Waals surface area contributed by atoms with Gasteiger partial charge < -0.3 is 4.79 Å². The van der Waals surface area contributed by atoms with Gasteiger partial charge in [0.2, 0.25) is 0 Å². The molecule has 0 aliphatic heterocycles. The molecular weight excluding hydrogens is 183 g/mol. The maximum absolute atomic E-state index is 7.75. The topological polar surface area (TPSA) is 17.1 Å². The molecule has 0 aliphatic carbocycles. The Morgan fingerprint density at radius 3 is 1.25 bits per heavy atom. The van der Waals surface area contributed by atoms with E-state index in [1.165, 1.54) is 0 Å². The van der Waals surface area contributed by atoms with Crippen LogP contribution in [0.25, 0.3) is 0 Å². The van der Waals surface area contributed by atoms with Gasteiger partial charge in [0.1, 0.15) is 0 Å². The number of carbonyl (C=O) groups excluding carboxylic acids is 1. The molecule has 0 atom stereocenters. The van der Waals surface area contributed by atoms with E-state index in [1.807, 2.05) is 0 Å². The molecule has 27 valence electrons. The zero-order chi connectivity index (χ0) is 2.00. The quantitative estimate of drug-likeness (QED) is 0.287. The van der Waals surface area contributed by atoms with Crippen LogP contribution in [-0.2, 0) is 42.6 Å². The number of hydrogen-bond acceptors (Lipinski definition) is 1. The fourth-order valence-electron chi connectivity index (χ4n) is 0. The predicted molar refractivity (Wildman–Crippen MR) is 6.75 cm³/mol. The summed E-state index contributed by atoms with van der Waals surface area (Å²) in [5.41, 5.74) is 0. The molecule has 0 fully saturated rings. The molecule has 0 saturated heterocycles. The van der Waals surface area contributed by atoms with Gasteiger partial charge in [-0.05, 0) is 0 Å². The van der Waals surface area contributed by atoms with Crippen LogP contribution in [0.15, 0.2) is 0 Å². The predicted octanol–water partition coefficient (Wildman–Crippen LogP) is -0.279. The Labute approximate surface area is 49.6 Å². The first kappa shape index (κ1) is 20.9. The first-order valence-electron chi connectivity index (χ1n) is 0.236. The monoisotopic (exact) mass is 186 g/mol. The first-order chi connectivity index (χ1) is 1.00. The molecule has 4 heavy (non-hydrogen) atoms. The van der Waals surface area contributed by atoms with Gasteiger partial charge in [0.05, 0.1) is 0 Å². The minimum atomic E-state index is 0. The van der Waals surface area contributed by atoms with E-state index in [0.717, 1.165) is 0 Å². The van der Waals surface area contributed by atoms with E-state index in [4.69, 9.17) is 4.79 Å². The minimum Gasteiger partial charge on any atom is -0.545 e. The summed E-state index contributed by atoms with van der Waals surface area (Å²) in [4.78, 5) is 7.75. The molecule has 0 N–H and O–H groups in total. The Kier molecular flexibility index (Phi) is 222. The Morgan fingerprint density at radius 1 is 1.25 bits per heavy atom. The van der Waals surface area contributed by atoms with E-state index in [2.05, 4.69) is 6.79 Å². The summed E-state index contributed by atoms with van der Waals surface area (Å²) in [6, 6.07) is 0. The van der Waals surface area contributed by atoms with Crippen LogP contribution in [0.2, 0.25) is 0 Å². The zero-order valence-electron chi connectivity index (χ0n) is 1.73. The molecule has 1 radical (unpaired) electrons. The second kappa shape index (κ2) is 42.4. The van der Waals surface area contributed by atoms with Crippen molar-refractivity contribution < 1.29 is 42.6 Å². The molecular formula is CHCoMoO-. The zero-order valence-corrected chi connectivity index (χ0v) is 4.78. The van der Waals surface area contributed by atoms with E-state index >= 15 is 0 Å². The van der Waals surface area contributed by atoms with Crippen molar-refractivity contribution in [1.82, 2.24) is 0 Å². The minimum absolute atomic E-state index is 0. The number of hydrogen-bond donors (Lipinski definition) is 0. The summed E-state index contributed by atoms with van der Waals surface area (Å²) < 4.78 is 0. The van der Waals surface area contributed by atoms with Crippen molar-refractivity contribution in [1.29, 1.82) is 0 Å². The van der Waals surface area contributed by atoms with Crippen molar-refractivity contribution >= 4 is 6.79 Å². The van der Waals surface area contributed by atoms with E-state index in [-0.39, 0.29) is 37.8 Å². The average molecular weight is 184 g/mol. The van der Waals surface area contributed by atoms with Crippen LogP contribution in [0.1, 0.15) is 0 Å². The van der Waals surface area contributed by atoms with E-state index in [0.29, 0.717) is 0 Å². The molecule has 0 aliphatic rings. The second-order valence-corrected chi connectivity index (χ2v) is 0. The van der Waals surface area contributed by atoms with Gasteiger partial charge in [0, 0.05) is 37.8 Å². The Morgan fingerprint density at radius 2 is 1.25 bits per heavy atom. The Hall–Kier alpha value is 0.865. The van der Waals surface area contributed by atoms with Gasteiger partial charge in [-0.25, -0.2) is 0 Å². The molecule has 0 unspecified atom stereocenters. The van der Waals surface area contributed by atoms with Crippen LogP contribution in [0.5, 0.6) is 0 Å². The first-order valence-corrected chi connectivity index (χ1v) is 0.236. The third kappa shape index (κ3) is 13.3. The molecule has 1 nitrogen and oxygen atoms in total. The smallest absolute Gasteiger partial charge is 0 e. The molecule has 0 spiro atoms. The van der Waals surface area contributed by atoms with E-state index in [9.17, 15) is 0 Å². The van der Waals surface area contributed by atoms with Gasteiger partial charge in [-0.15, -0.1) is 0 Å². The van der Waals surface area contributed by atoms with Crippen LogP contribution in [0.3, 0.4) is 0 Å². The maximum Gasteiger partial charge on any atom is 0 e. The molecule has 0 aromatic heterocycles. The summed E-state index contributed by atoms with van der Waals surface area (Å²) in [5, 5.41) is 0. The second-order valence-electron chi connectivity index (χ2n) is 0. The van der Waals surface area contributed by atoms with Gasteiger partial charge in [-0.2, -0.15) is 0 Å². The Bertz CT molecular complexity index is 8.00. The van der Waals surface area contributed by atoms with Crippen LogP contribution in [0, 0.1) is 0 Å². The molecule has 0 rings (SSSR count). The van der Waals surface area contributed by atoms with Crippen LogP contribution in [0.4, 0.5) is 0 Å². The largest absolute Gasteiger partial charge is 0.545 e. The van der Waals surface area contributed by atoms with E-state index in [1.54, 1.807) is 0 Å². The van der Waals surface area contributed by atoms with E-state index < -0.39 is 0 Å². The molecule has 0 aromatic rings. The molecule has 0 heterocycles. The molecule has 0 aromatic carbocycles. The van der Waals surface area contributed by atoms with Crippen molar-refractivity contribution in [3.05, 3.63) is 0 Å². The summed E-state index contributed by atoms with van der Waals surface area (Å²) in [6.45, 7) is 3.25. The van der Waals surface area contributed by atoms with Gasteiger partial charge >= 0.3 is 0 Å². The fraction of sp³-hybridized carbons (Fsp3) is 0. The van der Waals surface area contributed by atoms with Crippen molar-refractivity contribution in [2.24, 2.45) is 0 Å². The Balaban J connectivity index is -0.00000000500. The maximum atomic E-state index is 7.75. The standard InChI is InChI=1S/CHO.Co.Mo/c1-2;;/h1H;;/q-1;;. The van der Waals surface area contributed by atoms with Gasteiger partial charge in [0.15, 0.2) is 0 Å². The third-order valence-corrected chi connectivity index (χ3v) is 0. The number of rotatable bonds is 0. The summed E-state index contributed by atoms with van der Waals surface area (Å²) in [6.07, 6.45) is 0. The van der Waals surface area contributed by atoms with Gasteiger partial charge in [0.25, 0.3) is 0 Å². The van der Waals surface area contributed by atoms with Crippen LogP contribution < -0.4 is 0 Å². The molecule has 3 heteroatoms. The van der Waals surface area contributed by atoms with Crippen molar-refractivity contribution in [3.8, 4) is 0 Å². The van der Waals surface area contributed by atoms with Crippen molar-refractivity contribution in [3.63, 3.8) is 0 Å². The summed E-state index contributed by atoms with van der Waals surface area (Å²) in [7, 11) is 0. The van der Waals surface area contributed by atoms with Crippen molar-refractivity contribution in [2.75, 3.05) is 0 Å². The SMILES string of the molecule is [CH-]=O.[Co].[Mo]. The van der Waals surface area contributed by atoms with Gasteiger partial charge in [-0.1, -0.05) is 0 Å². The van der Waals surface area contributed by atoms with Crippen LogP contribution in [-0.4, -0.2) is 6.79 Å². The van der Waals surface area contributed by atoms with Crippen molar-refractivity contribution in [2.45, 2.75) is 0 Å². The molecule has 0 bridgehead atoms. The van der Waals surface area contributed by atoms with Gasteiger partial charge in [-0.3, -0.25) is 6.79 Å². The average Bonchev–Trinajstić information content (AvgIpc) is 1.00. The fourth-order valence-corrected chi connectivity index (χ4v) is 0. The molecule has 0 saturated carbocycles. The summed E-state index contributed by atoms with van der Waals surface area (Å²) >= 11 is 0. The summed E-state index contributed by atoms with van der Waals surface area (Å²) in [5.74, 6) is 0. The normalized spacial score (nSPS) is 1.00.